The molecule has 0 aliphatic carbocycles. The Labute approximate surface area is 65.6 Å². The SMILES string of the molecule is Cc1cc(S)c(N)cc1N. The van der Waals surface area contributed by atoms with Crippen LogP contribution in [0.25, 0.3) is 0 Å². The van der Waals surface area contributed by atoms with E-state index in [0.717, 1.165) is 16.1 Å². The van der Waals surface area contributed by atoms with Crippen LogP contribution in [0.3, 0.4) is 0 Å². The third-order valence-electron chi connectivity index (χ3n) is 1.42. The molecule has 0 saturated heterocycles. The first-order chi connectivity index (χ1) is 4.61. The molecule has 0 aliphatic rings. The van der Waals surface area contributed by atoms with Crippen LogP contribution in [0.15, 0.2) is 17.0 Å². The Hall–Kier alpha value is -0.830. The van der Waals surface area contributed by atoms with Gasteiger partial charge >= 0.3 is 0 Å². The van der Waals surface area contributed by atoms with Crippen LogP contribution in [-0.4, -0.2) is 0 Å². The number of nitrogens with two attached hydrogens (primary N) is 2. The van der Waals surface area contributed by atoms with Crippen molar-refractivity contribution >= 4 is 24.0 Å². The van der Waals surface area contributed by atoms with E-state index in [1.165, 1.54) is 0 Å². The Morgan fingerprint density at radius 1 is 1.20 bits per heavy atom. The van der Waals surface area contributed by atoms with Crippen molar-refractivity contribution in [2.45, 2.75) is 11.8 Å². The first-order valence-electron chi connectivity index (χ1n) is 2.96. The first kappa shape index (κ1) is 7.28. The molecule has 0 heterocycles. The van der Waals surface area contributed by atoms with E-state index in [1.807, 2.05) is 13.0 Å². The molecule has 3 heteroatoms. The van der Waals surface area contributed by atoms with Gasteiger partial charge in [0.15, 0.2) is 0 Å². The molecule has 1 aromatic carbocycles. The minimum atomic E-state index is 0.631. The van der Waals surface area contributed by atoms with Crippen LogP contribution < -0.4 is 11.5 Å². The summed E-state index contributed by atoms with van der Waals surface area (Å²) in [6, 6.07) is 3.57. The fourth-order valence-corrected chi connectivity index (χ4v) is 0.985. The molecule has 0 fully saturated rings. The number of anilines is 2. The molecular weight excluding hydrogens is 144 g/mol. The summed E-state index contributed by atoms with van der Waals surface area (Å²) < 4.78 is 0. The number of benzene rings is 1. The lowest BCUT2D eigenvalue weighted by Crippen LogP contribution is -1.93. The summed E-state index contributed by atoms with van der Waals surface area (Å²) in [5, 5.41) is 0. The molecule has 1 rings (SSSR count). The van der Waals surface area contributed by atoms with Crippen LogP contribution in [0, 0.1) is 6.92 Å². The van der Waals surface area contributed by atoms with Gasteiger partial charge in [0, 0.05) is 16.3 Å². The molecule has 2 nitrogen and oxygen atoms in total. The Bertz CT molecular complexity index is 208. The van der Waals surface area contributed by atoms with Gasteiger partial charge in [-0.1, -0.05) is 0 Å². The van der Waals surface area contributed by atoms with Crippen LogP contribution in [0.4, 0.5) is 11.4 Å². The second kappa shape index (κ2) is 2.42. The summed E-state index contributed by atoms with van der Waals surface area (Å²) in [5.74, 6) is 0. The van der Waals surface area contributed by atoms with Crippen LogP contribution >= 0.6 is 12.6 Å². The van der Waals surface area contributed by atoms with Crippen molar-refractivity contribution in [1.29, 1.82) is 0 Å². The average Bonchev–Trinajstić information content (AvgIpc) is 1.84. The van der Waals surface area contributed by atoms with Gasteiger partial charge in [-0.2, -0.15) is 0 Å². The molecule has 4 N–H and O–H groups in total. The van der Waals surface area contributed by atoms with Crippen molar-refractivity contribution in [2.24, 2.45) is 0 Å². The Morgan fingerprint density at radius 2 is 1.80 bits per heavy atom. The van der Waals surface area contributed by atoms with E-state index in [0.29, 0.717) is 5.69 Å². The molecule has 0 aromatic heterocycles. The van der Waals surface area contributed by atoms with Crippen molar-refractivity contribution in [3.05, 3.63) is 17.7 Å². The highest BCUT2D eigenvalue weighted by molar-refractivity contribution is 7.80. The van der Waals surface area contributed by atoms with Gasteiger partial charge in [0.1, 0.15) is 0 Å². The summed E-state index contributed by atoms with van der Waals surface area (Å²) in [6.07, 6.45) is 0. The standard InChI is InChI=1S/C7H10N2S/c1-4-2-7(10)6(9)3-5(4)8/h2-3,10H,8-9H2,1H3. The summed E-state index contributed by atoms with van der Waals surface area (Å²) >= 11 is 4.13. The van der Waals surface area contributed by atoms with Gasteiger partial charge in [-0.25, -0.2) is 0 Å². The van der Waals surface area contributed by atoms with E-state index in [2.05, 4.69) is 12.6 Å². The number of hydrogen-bond acceptors (Lipinski definition) is 3. The lowest BCUT2D eigenvalue weighted by molar-refractivity contribution is 1.38. The van der Waals surface area contributed by atoms with Crippen LogP contribution in [0.2, 0.25) is 0 Å². The third-order valence-corrected chi connectivity index (χ3v) is 1.80. The molecule has 0 atom stereocenters. The zero-order valence-corrected chi connectivity index (χ0v) is 6.65. The molecule has 0 saturated carbocycles. The van der Waals surface area contributed by atoms with Gasteiger partial charge in [0.05, 0.1) is 0 Å². The Morgan fingerprint density at radius 3 is 2.30 bits per heavy atom. The van der Waals surface area contributed by atoms with E-state index in [9.17, 15) is 0 Å². The second-order valence-corrected chi connectivity index (χ2v) is 2.75. The predicted octanol–water partition coefficient (Wildman–Crippen LogP) is 1.45. The first-order valence-corrected chi connectivity index (χ1v) is 3.40. The Balaban J connectivity index is 3.28. The molecule has 0 spiro atoms. The van der Waals surface area contributed by atoms with Crippen molar-refractivity contribution in [3.63, 3.8) is 0 Å². The highest BCUT2D eigenvalue weighted by Gasteiger charge is 1.97. The molecule has 0 amide bonds. The maximum Gasteiger partial charge on any atom is 0.0470 e. The fourth-order valence-electron chi connectivity index (χ4n) is 0.727. The van der Waals surface area contributed by atoms with Crippen molar-refractivity contribution < 1.29 is 0 Å². The highest BCUT2D eigenvalue weighted by atomic mass is 32.1. The smallest absolute Gasteiger partial charge is 0.0470 e. The topological polar surface area (TPSA) is 52.0 Å². The van der Waals surface area contributed by atoms with Gasteiger partial charge in [0.25, 0.3) is 0 Å². The molecule has 0 bridgehead atoms. The maximum absolute atomic E-state index is 5.58. The van der Waals surface area contributed by atoms with E-state index in [1.54, 1.807) is 6.07 Å². The molecular formula is C7H10N2S. The zero-order valence-electron chi connectivity index (χ0n) is 5.76. The van der Waals surface area contributed by atoms with Crippen molar-refractivity contribution in [1.82, 2.24) is 0 Å². The van der Waals surface area contributed by atoms with Crippen LogP contribution in [0.5, 0.6) is 0 Å². The largest absolute Gasteiger partial charge is 0.398 e. The second-order valence-electron chi connectivity index (χ2n) is 2.27. The lowest BCUT2D eigenvalue weighted by Gasteiger charge is -2.03. The zero-order chi connectivity index (χ0) is 7.72. The molecule has 0 unspecified atom stereocenters. The van der Waals surface area contributed by atoms with E-state index in [-0.39, 0.29) is 0 Å². The number of nitrogen functional groups attached to an aromatic ring is 2. The number of thiol groups is 1. The van der Waals surface area contributed by atoms with E-state index >= 15 is 0 Å². The number of aryl methyl sites for hydroxylation is 1. The fraction of sp³-hybridized carbons (Fsp3) is 0.143. The molecule has 0 aliphatic heterocycles. The maximum atomic E-state index is 5.58. The number of hydrogen-bond donors (Lipinski definition) is 3. The quantitative estimate of drug-likeness (QED) is 0.391. The Kier molecular flexibility index (Phi) is 1.76. The van der Waals surface area contributed by atoms with E-state index in [4.69, 9.17) is 11.5 Å². The molecule has 1 aromatic rings. The lowest BCUT2D eigenvalue weighted by atomic mass is 10.2. The summed E-state index contributed by atoms with van der Waals surface area (Å²) in [6.45, 7) is 1.93. The average molecular weight is 154 g/mol. The summed E-state index contributed by atoms with van der Waals surface area (Å²) in [4.78, 5) is 0.784. The highest BCUT2D eigenvalue weighted by Crippen LogP contribution is 2.22. The predicted molar refractivity (Wildman–Crippen MR) is 47.3 cm³/mol. The monoisotopic (exact) mass is 154 g/mol. The summed E-state index contributed by atoms with van der Waals surface area (Å²) in [7, 11) is 0. The van der Waals surface area contributed by atoms with Gasteiger partial charge in [-0.3, -0.25) is 0 Å². The van der Waals surface area contributed by atoms with Gasteiger partial charge in [-0.15, -0.1) is 12.6 Å². The number of rotatable bonds is 0. The molecule has 0 radical (unpaired) electrons. The normalized spacial score (nSPS) is 9.80. The van der Waals surface area contributed by atoms with Crippen LogP contribution in [0.1, 0.15) is 5.56 Å². The van der Waals surface area contributed by atoms with Gasteiger partial charge < -0.3 is 11.5 Å². The van der Waals surface area contributed by atoms with Crippen molar-refractivity contribution in [3.8, 4) is 0 Å². The minimum absolute atomic E-state index is 0.631. The van der Waals surface area contributed by atoms with Gasteiger partial charge in [-0.05, 0) is 24.6 Å². The molecule has 54 valence electrons. The van der Waals surface area contributed by atoms with Crippen LogP contribution in [-0.2, 0) is 0 Å². The third kappa shape index (κ3) is 1.19. The minimum Gasteiger partial charge on any atom is -0.398 e. The van der Waals surface area contributed by atoms with Gasteiger partial charge in [0.2, 0.25) is 0 Å². The molecule has 10 heavy (non-hydrogen) atoms. The van der Waals surface area contributed by atoms with E-state index < -0.39 is 0 Å². The summed E-state index contributed by atoms with van der Waals surface area (Å²) in [5.41, 5.74) is 13.5. The van der Waals surface area contributed by atoms with Crippen molar-refractivity contribution in [2.75, 3.05) is 11.5 Å².